The lowest BCUT2D eigenvalue weighted by Gasteiger charge is -2.21. The number of anilines is 2. The van der Waals surface area contributed by atoms with Gasteiger partial charge in [-0.25, -0.2) is 20.0 Å². The monoisotopic (exact) mass is 318 g/mol. The summed E-state index contributed by atoms with van der Waals surface area (Å²) in [4.78, 5) is 16.8. The molecule has 0 aliphatic carbocycles. The molecule has 1 aliphatic rings. The predicted molar refractivity (Wildman–Crippen MR) is 81.1 cm³/mol. The van der Waals surface area contributed by atoms with Crippen molar-refractivity contribution in [1.29, 1.82) is 0 Å². The van der Waals surface area contributed by atoms with Crippen LogP contribution in [0, 0.1) is 5.82 Å². The van der Waals surface area contributed by atoms with E-state index in [1.54, 1.807) is 0 Å². The minimum atomic E-state index is -1.19. The number of ether oxygens (including phenoxy) is 1. The summed E-state index contributed by atoms with van der Waals surface area (Å²) in [7, 11) is 0. The second-order valence-corrected chi connectivity index (χ2v) is 5.08. The van der Waals surface area contributed by atoms with Gasteiger partial charge in [0.1, 0.15) is 5.82 Å². The smallest absolute Gasteiger partial charge is 0.413 e. The van der Waals surface area contributed by atoms with Crippen molar-refractivity contribution in [2.75, 3.05) is 10.3 Å². The lowest BCUT2D eigenvalue weighted by Crippen LogP contribution is -2.31. The number of rotatable bonds is 1. The van der Waals surface area contributed by atoms with E-state index in [-0.39, 0.29) is 24.8 Å². The largest absolute Gasteiger partial charge is 0.465 e. The van der Waals surface area contributed by atoms with E-state index in [0.29, 0.717) is 12.2 Å². The van der Waals surface area contributed by atoms with Crippen molar-refractivity contribution in [3.05, 3.63) is 52.8 Å². The van der Waals surface area contributed by atoms with Crippen LogP contribution in [0.4, 0.5) is 20.8 Å². The Morgan fingerprint density at radius 1 is 1.30 bits per heavy atom. The standard InChI is InChI=1S/C15H15FN4O3/c16-12-5-11-8-23-7-10-4-2-1-3-9(10)6-20(15(21)22)14(11)18-13(12)19-17/h1-5H,6-8,17H2,(H,18,19)(H,21,22). The molecule has 7 nitrogen and oxygen atoms in total. The first-order chi connectivity index (χ1) is 11.1. The summed E-state index contributed by atoms with van der Waals surface area (Å²) in [6.45, 7) is 0.439. The first-order valence-electron chi connectivity index (χ1n) is 6.91. The zero-order valence-corrected chi connectivity index (χ0v) is 12.1. The normalized spacial score (nSPS) is 14.1. The third kappa shape index (κ3) is 2.94. The first kappa shape index (κ1) is 15.2. The number of aromatic nitrogens is 1. The van der Waals surface area contributed by atoms with Crippen LogP contribution in [0.5, 0.6) is 0 Å². The van der Waals surface area contributed by atoms with Crippen LogP contribution in [0.2, 0.25) is 0 Å². The van der Waals surface area contributed by atoms with Gasteiger partial charge in [-0.05, 0) is 17.2 Å². The Kier molecular flexibility index (Phi) is 4.09. The molecule has 0 atom stereocenters. The summed E-state index contributed by atoms with van der Waals surface area (Å²) in [5.41, 5.74) is 4.15. The molecule has 0 saturated heterocycles. The van der Waals surface area contributed by atoms with E-state index in [1.807, 2.05) is 24.3 Å². The van der Waals surface area contributed by atoms with Gasteiger partial charge < -0.3 is 15.3 Å². The van der Waals surface area contributed by atoms with E-state index in [1.165, 1.54) is 6.07 Å². The van der Waals surface area contributed by atoms with Crippen LogP contribution in [0.3, 0.4) is 0 Å². The van der Waals surface area contributed by atoms with Gasteiger partial charge in [-0.1, -0.05) is 24.3 Å². The highest BCUT2D eigenvalue weighted by molar-refractivity contribution is 5.86. The third-order valence-corrected chi connectivity index (χ3v) is 3.62. The lowest BCUT2D eigenvalue weighted by atomic mass is 10.1. The summed E-state index contributed by atoms with van der Waals surface area (Å²) in [6, 6.07) is 8.55. The van der Waals surface area contributed by atoms with Gasteiger partial charge >= 0.3 is 6.09 Å². The number of pyridine rings is 1. The number of halogens is 1. The molecule has 0 radical (unpaired) electrons. The van der Waals surface area contributed by atoms with Crippen molar-refractivity contribution in [3.63, 3.8) is 0 Å². The van der Waals surface area contributed by atoms with E-state index in [4.69, 9.17) is 10.6 Å². The van der Waals surface area contributed by atoms with Gasteiger partial charge in [-0.15, -0.1) is 0 Å². The number of nitrogens with two attached hydrogens (primary N) is 1. The van der Waals surface area contributed by atoms with Gasteiger partial charge in [0, 0.05) is 5.56 Å². The maximum Gasteiger partial charge on any atom is 0.413 e. The number of fused-ring (bicyclic) bond motifs is 2. The minimum absolute atomic E-state index is 0.0439. The maximum absolute atomic E-state index is 13.9. The number of nitrogens with one attached hydrogen (secondary N) is 1. The average Bonchev–Trinajstić information content (AvgIpc) is 2.61. The zero-order valence-electron chi connectivity index (χ0n) is 12.1. The zero-order chi connectivity index (χ0) is 16.4. The van der Waals surface area contributed by atoms with Gasteiger partial charge in [0.05, 0.1) is 19.8 Å². The van der Waals surface area contributed by atoms with Crippen molar-refractivity contribution in [2.24, 2.45) is 5.84 Å². The Labute approximate surface area is 131 Å². The Bertz CT molecular complexity index is 753. The maximum atomic E-state index is 13.9. The topological polar surface area (TPSA) is 101 Å². The highest BCUT2D eigenvalue weighted by Gasteiger charge is 2.24. The summed E-state index contributed by atoms with van der Waals surface area (Å²) < 4.78 is 19.5. The third-order valence-electron chi connectivity index (χ3n) is 3.62. The molecule has 2 heterocycles. The van der Waals surface area contributed by atoms with Gasteiger partial charge in [-0.3, -0.25) is 4.90 Å². The molecule has 1 aromatic heterocycles. The number of carboxylic acid groups (broad SMARTS) is 1. The molecule has 3 rings (SSSR count). The van der Waals surface area contributed by atoms with Crippen molar-refractivity contribution >= 4 is 17.7 Å². The number of hydrogen-bond acceptors (Lipinski definition) is 5. The van der Waals surface area contributed by atoms with Gasteiger partial charge in [0.2, 0.25) is 0 Å². The average molecular weight is 318 g/mol. The van der Waals surface area contributed by atoms with Crippen LogP contribution in [-0.2, 0) is 24.5 Å². The molecule has 2 aromatic rings. The SMILES string of the molecule is NNc1nc2c(cc1F)COCc1ccccc1CN2C(=O)O. The van der Waals surface area contributed by atoms with Crippen LogP contribution in [0.1, 0.15) is 16.7 Å². The number of nitrogen functional groups attached to an aromatic ring is 1. The molecule has 120 valence electrons. The molecule has 8 heteroatoms. The molecule has 1 aliphatic heterocycles. The van der Waals surface area contributed by atoms with E-state index in [2.05, 4.69) is 10.4 Å². The highest BCUT2D eigenvalue weighted by Crippen LogP contribution is 2.28. The molecule has 0 bridgehead atoms. The Balaban J connectivity index is 2.13. The number of hydrogen-bond donors (Lipinski definition) is 3. The van der Waals surface area contributed by atoms with Crippen molar-refractivity contribution in [3.8, 4) is 0 Å². The molecular weight excluding hydrogens is 303 g/mol. The Morgan fingerprint density at radius 3 is 2.70 bits per heavy atom. The molecule has 0 spiro atoms. The van der Waals surface area contributed by atoms with Crippen LogP contribution in [0.15, 0.2) is 30.3 Å². The second kappa shape index (κ2) is 6.19. The first-order valence-corrected chi connectivity index (χ1v) is 6.91. The Morgan fingerprint density at radius 2 is 2.00 bits per heavy atom. The summed E-state index contributed by atoms with van der Waals surface area (Å²) in [5, 5.41) is 9.55. The van der Waals surface area contributed by atoms with E-state index in [9.17, 15) is 14.3 Å². The minimum Gasteiger partial charge on any atom is -0.465 e. The fraction of sp³-hybridized carbons (Fsp3) is 0.200. The van der Waals surface area contributed by atoms with E-state index >= 15 is 0 Å². The number of amides is 1. The van der Waals surface area contributed by atoms with Crippen molar-refractivity contribution in [2.45, 2.75) is 19.8 Å². The van der Waals surface area contributed by atoms with Crippen LogP contribution in [-0.4, -0.2) is 16.2 Å². The quantitative estimate of drug-likeness (QED) is 0.550. The summed E-state index contributed by atoms with van der Waals surface area (Å²) >= 11 is 0. The lowest BCUT2D eigenvalue weighted by molar-refractivity contribution is 0.107. The molecule has 0 saturated carbocycles. The van der Waals surface area contributed by atoms with Gasteiger partial charge in [0.15, 0.2) is 11.6 Å². The van der Waals surface area contributed by atoms with Crippen LogP contribution >= 0.6 is 0 Å². The molecule has 0 fully saturated rings. The van der Waals surface area contributed by atoms with Crippen LogP contribution in [0.25, 0.3) is 0 Å². The van der Waals surface area contributed by atoms with Gasteiger partial charge in [-0.2, -0.15) is 0 Å². The molecule has 1 amide bonds. The predicted octanol–water partition coefficient (Wildman–Crippen LogP) is 2.22. The number of hydrazine groups is 1. The summed E-state index contributed by atoms with van der Waals surface area (Å²) in [5.74, 6) is 4.44. The Hall–Kier alpha value is -2.71. The van der Waals surface area contributed by atoms with E-state index < -0.39 is 11.9 Å². The molecular formula is C15H15FN4O3. The van der Waals surface area contributed by atoms with Crippen molar-refractivity contribution < 1.29 is 19.0 Å². The number of benzene rings is 1. The van der Waals surface area contributed by atoms with E-state index in [0.717, 1.165) is 16.0 Å². The molecule has 4 N–H and O–H groups in total. The number of carbonyl (C=O) groups is 1. The molecule has 0 unspecified atom stereocenters. The highest BCUT2D eigenvalue weighted by atomic mass is 19.1. The second-order valence-electron chi connectivity index (χ2n) is 5.08. The molecule has 1 aromatic carbocycles. The molecule has 23 heavy (non-hydrogen) atoms. The van der Waals surface area contributed by atoms with Crippen LogP contribution < -0.4 is 16.2 Å². The number of nitrogens with zero attached hydrogens (tertiary/aromatic N) is 2. The summed E-state index contributed by atoms with van der Waals surface area (Å²) in [6.07, 6.45) is -1.19. The van der Waals surface area contributed by atoms with Crippen molar-refractivity contribution in [1.82, 2.24) is 4.98 Å². The van der Waals surface area contributed by atoms with Gasteiger partial charge in [0.25, 0.3) is 0 Å². The fourth-order valence-corrected chi connectivity index (χ4v) is 2.49. The fourth-order valence-electron chi connectivity index (χ4n) is 2.49.